The number of nitrogens with zero attached hydrogens (tertiary/aromatic N) is 1. The van der Waals surface area contributed by atoms with Crippen molar-refractivity contribution in [1.82, 2.24) is 0 Å². The highest BCUT2D eigenvalue weighted by molar-refractivity contribution is 5.85. The van der Waals surface area contributed by atoms with Crippen molar-refractivity contribution in [2.75, 3.05) is 7.11 Å². The van der Waals surface area contributed by atoms with E-state index in [-0.39, 0.29) is 6.10 Å². The van der Waals surface area contributed by atoms with Crippen LogP contribution in [0.4, 0.5) is 0 Å². The van der Waals surface area contributed by atoms with Crippen LogP contribution in [0, 0.1) is 0 Å². The Bertz CT molecular complexity index is 637. The summed E-state index contributed by atoms with van der Waals surface area (Å²) in [5.74, 6) is 0.920. The largest absolute Gasteiger partial charge is 0.496 e. The molecule has 0 radical (unpaired) electrons. The van der Waals surface area contributed by atoms with Crippen LogP contribution in [-0.2, 0) is 17.7 Å². The van der Waals surface area contributed by atoms with Gasteiger partial charge < -0.3 is 9.57 Å². The number of oxime groups is 1. The fourth-order valence-electron chi connectivity index (χ4n) is 2.79. The van der Waals surface area contributed by atoms with E-state index in [1.54, 1.807) is 7.11 Å². The molecule has 0 bridgehead atoms. The lowest BCUT2D eigenvalue weighted by molar-refractivity contribution is 0.0854. The second-order valence-corrected chi connectivity index (χ2v) is 5.59. The van der Waals surface area contributed by atoms with Crippen molar-refractivity contribution in [3.63, 3.8) is 0 Å². The molecule has 0 aromatic heterocycles. The molecule has 3 heteroatoms. The zero-order chi connectivity index (χ0) is 15.2. The van der Waals surface area contributed by atoms with Crippen LogP contribution in [0.15, 0.2) is 59.8 Å². The first-order valence-electron chi connectivity index (χ1n) is 7.72. The molecule has 3 nitrogen and oxygen atoms in total. The van der Waals surface area contributed by atoms with Gasteiger partial charge in [0, 0.05) is 12.8 Å². The third kappa shape index (κ3) is 3.67. The summed E-state index contributed by atoms with van der Waals surface area (Å²) in [7, 11) is 1.70. The number of ether oxygens (including phenoxy) is 1. The Kier molecular flexibility index (Phi) is 4.74. The Morgan fingerprint density at radius 1 is 1.05 bits per heavy atom. The maximum absolute atomic E-state index is 5.59. The van der Waals surface area contributed by atoms with Gasteiger partial charge in [0.05, 0.1) is 12.8 Å². The third-order valence-electron chi connectivity index (χ3n) is 3.98. The van der Waals surface area contributed by atoms with Crippen molar-refractivity contribution < 1.29 is 9.57 Å². The highest BCUT2D eigenvalue weighted by Gasteiger charge is 2.22. The zero-order valence-corrected chi connectivity index (χ0v) is 12.9. The van der Waals surface area contributed by atoms with Gasteiger partial charge in [-0.2, -0.15) is 0 Å². The smallest absolute Gasteiger partial charge is 0.137 e. The molecule has 0 saturated carbocycles. The number of hydrogen-bond donors (Lipinski definition) is 0. The Balaban J connectivity index is 1.51. The molecule has 0 saturated heterocycles. The van der Waals surface area contributed by atoms with Gasteiger partial charge in [0.15, 0.2) is 0 Å². The molecular weight excluding hydrogens is 274 g/mol. The van der Waals surface area contributed by atoms with Crippen molar-refractivity contribution in [2.24, 2.45) is 5.16 Å². The van der Waals surface area contributed by atoms with Crippen LogP contribution < -0.4 is 4.74 Å². The van der Waals surface area contributed by atoms with E-state index in [0.717, 1.165) is 37.1 Å². The lowest BCUT2D eigenvalue weighted by Crippen LogP contribution is -2.12. The number of benzene rings is 2. The van der Waals surface area contributed by atoms with Crippen LogP contribution >= 0.6 is 0 Å². The van der Waals surface area contributed by atoms with E-state index in [1.807, 2.05) is 24.3 Å². The summed E-state index contributed by atoms with van der Waals surface area (Å²) in [6.07, 6.45) is 3.85. The number of rotatable bonds is 6. The van der Waals surface area contributed by atoms with Crippen molar-refractivity contribution >= 4 is 5.71 Å². The third-order valence-corrected chi connectivity index (χ3v) is 3.98. The molecule has 2 aromatic carbocycles. The maximum atomic E-state index is 5.59. The Labute approximate surface area is 131 Å². The van der Waals surface area contributed by atoms with Crippen LogP contribution in [0.25, 0.3) is 0 Å². The van der Waals surface area contributed by atoms with Crippen molar-refractivity contribution in [1.29, 1.82) is 0 Å². The van der Waals surface area contributed by atoms with E-state index in [4.69, 9.17) is 9.57 Å². The van der Waals surface area contributed by atoms with Crippen molar-refractivity contribution in [2.45, 2.75) is 31.8 Å². The highest BCUT2D eigenvalue weighted by Crippen LogP contribution is 2.24. The van der Waals surface area contributed by atoms with Crippen molar-refractivity contribution in [3.05, 3.63) is 65.7 Å². The van der Waals surface area contributed by atoms with E-state index in [1.165, 1.54) is 11.1 Å². The number of para-hydroxylation sites is 1. The van der Waals surface area contributed by atoms with E-state index in [9.17, 15) is 0 Å². The molecule has 2 aromatic rings. The summed E-state index contributed by atoms with van der Waals surface area (Å²) in [5, 5.41) is 4.26. The minimum atomic E-state index is 0.127. The van der Waals surface area contributed by atoms with Gasteiger partial charge in [-0.3, -0.25) is 0 Å². The van der Waals surface area contributed by atoms with E-state index < -0.39 is 0 Å². The van der Waals surface area contributed by atoms with Crippen molar-refractivity contribution in [3.8, 4) is 5.75 Å². The standard InChI is InChI=1S/C19H21NO2/c1-21-19-10-6-5-9-16(19)13-18-14-17(20-22-18)12-11-15-7-3-2-4-8-15/h2-10,18H,11-14H2,1H3. The minimum absolute atomic E-state index is 0.127. The molecule has 1 aliphatic rings. The number of methoxy groups -OCH3 is 1. The molecule has 0 spiro atoms. The molecule has 3 rings (SSSR count). The second-order valence-electron chi connectivity index (χ2n) is 5.59. The normalized spacial score (nSPS) is 17.0. The van der Waals surface area contributed by atoms with E-state index in [2.05, 4.69) is 35.5 Å². The predicted octanol–water partition coefficient (Wildman–Crippen LogP) is 4.02. The van der Waals surface area contributed by atoms with Gasteiger partial charge in [0.1, 0.15) is 11.9 Å². The Morgan fingerprint density at radius 3 is 2.64 bits per heavy atom. The fraction of sp³-hybridized carbons (Fsp3) is 0.316. The van der Waals surface area contributed by atoms with Gasteiger partial charge in [-0.05, 0) is 30.0 Å². The lowest BCUT2D eigenvalue weighted by atomic mass is 10.00. The summed E-state index contributed by atoms with van der Waals surface area (Å²) in [6, 6.07) is 18.6. The molecule has 22 heavy (non-hydrogen) atoms. The van der Waals surface area contributed by atoms with E-state index in [0.29, 0.717) is 0 Å². The first-order valence-corrected chi connectivity index (χ1v) is 7.72. The van der Waals surface area contributed by atoms with Crippen LogP contribution in [-0.4, -0.2) is 18.9 Å². The van der Waals surface area contributed by atoms with Gasteiger partial charge in [-0.1, -0.05) is 53.7 Å². The summed E-state index contributed by atoms with van der Waals surface area (Å²) in [5.41, 5.74) is 3.68. The molecular formula is C19H21NO2. The van der Waals surface area contributed by atoms with Crippen LogP contribution in [0.3, 0.4) is 0 Å². The molecule has 114 valence electrons. The van der Waals surface area contributed by atoms with Gasteiger partial charge in [-0.25, -0.2) is 0 Å². The second kappa shape index (κ2) is 7.12. The number of aryl methyl sites for hydroxylation is 1. The minimum Gasteiger partial charge on any atom is -0.496 e. The van der Waals surface area contributed by atoms with Gasteiger partial charge in [-0.15, -0.1) is 0 Å². The summed E-state index contributed by atoms with van der Waals surface area (Å²) in [6.45, 7) is 0. The molecule has 1 atom stereocenters. The lowest BCUT2D eigenvalue weighted by Gasteiger charge is -2.11. The molecule has 0 fully saturated rings. The Hall–Kier alpha value is -2.29. The monoisotopic (exact) mass is 295 g/mol. The van der Waals surface area contributed by atoms with Crippen LogP contribution in [0.1, 0.15) is 24.0 Å². The molecule has 0 aliphatic carbocycles. The summed E-state index contributed by atoms with van der Waals surface area (Å²) in [4.78, 5) is 5.59. The maximum Gasteiger partial charge on any atom is 0.137 e. The Morgan fingerprint density at radius 2 is 1.82 bits per heavy atom. The van der Waals surface area contributed by atoms with Crippen LogP contribution in [0.5, 0.6) is 5.75 Å². The molecule has 0 N–H and O–H groups in total. The topological polar surface area (TPSA) is 30.8 Å². The first-order chi connectivity index (χ1) is 10.8. The average molecular weight is 295 g/mol. The predicted molar refractivity (Wildman–Crippen MR) is 88.4 cm³/mol. The van der Waals surface area contributed by atoms with Gasteiger partial charge >= 0.3 is 0 Å². The van der Waals surface area contributed by atoms with Gasteiger partial charge in [0.25, 0.3) is 0 Å². The SMILES string of the molecule is COc1ccccc1CC1CC(CCc2ccccc2)=NO1. The summed E-state index contributed by atoms with van der Waals surface area (Å²) >= 11 is 0. The first kappa shape index (κ1) is 14.6. The fourth-order valence-corrected chi connectivity index (χ4v) is 2.79. The average Bonchev–Trinajstić information content (AvgIpc) is 3.02. The molecule has 1 unspecified atom stereocenters. The van der Waals surface area contributed by atoms with Gasteiger partial charge in [0.2, 0.25) is 0 Å². The zero-order valence-electron chi connectivity index (χ0n) is 12.9. The quantitative estimate of drug-likeness (QED) is 0.806. The van der Waals surface area contributed by atoms with Crippen LogP contribution in [0.2, 0.25) is 0 Å². The number of hydrogen-bond acceptors (Lipinski definition) is 3. The molecule has 0 amide bonds. The summed E-state index contributed by atoms with van der Waals surface area (Å²) < 4.78 is 5.39. The molecule has 1 heterocycles. The van der Waals surface area contributed by atoms with E-state index >= 15 is 0 Å². The molecule has 1 aliphatic heterocycles. The highest BCUT2D eigenvalue weighted by atomic mass is 16.6.